The lowest BCUT2D eigenvalue weighted by molar-refractivity contribution is 0.409. The molecule has 6 heteroatoms. The van der Waals surface area contributed by atoms with E-state index in [0.29, 0.717) is 6.54 Å². The maximum atomic E-state index is 5.42. The van der Waals surface area contributed by atoms with Gasteiger partial charge in [0, 0.05) is 32.4 Å². The van der Waals surface area contributed by atoms with Gasteiger partial charge in [-0.25, -0.2) is 9.98 Å². The highest BCUT2D eigenvalue weighted by Crippen LogP contribution is 2.18. The van der Waals surface area contributed by atoms with Crippen LogP contribution in [0.3, 0.4) is 0 Å². The molecule has 3 rings (SSSR count). The van der Waals surface area contributed by atoms with Crippen LogP contribution in [0.1, 0.15) is 30.9 Å². The van der Waals surface area contributed by atoms with Gasteiger partial charge in [0.1, 0.15) is 11.6 Å². The molecule has 2 heterocycles. The zero-order valence-corrected chi connectivity index (χ0v) is 16.9. The SMILES string of the molecule is CCNC(=NCc1ccc(N2CCCC2)nc1)NCCc1ccccc1OC. The minimum absolute atomic E-state index is 0.608. The second kappa shape index (κ2) is 10.5. The van der Waals surface area contributed by atoms with Gasteiger partial charge >= 0.3 is 0 Å². The quantitative estimate of drug-likeness (QED) is 0.544. The number of methoxy groups -OCH3 is 1. The van der Waals surface area contributed by atoms with Crippen molar-refractivity contribution in [1.29, 1.82) is 0 Å². The van der Waals surface area contributed by atoms with Crippen molar-refractivity contribution in [1.82, 2.24) is 15.6 Å². The molecule has 2 aromatic rings. The van der Waals surface area contributed by atoms with Gasteiger partial charge < -0.3 is 20.3 Å². The Hall–Kier alpha value is -2.76. The maximum absolute atomic E-state index is 5.42. The van der Waals surface area contributed by atoms with Crippen molar-refractivity contribution in [3.63, 3.8) is 0 Å². The summed E-state index contributed by atoms with van der Waals surface area (Å²) in [6.07, 6.45) is 5.34. The molecule has 0 bridgehead atoms. The van der Waals surface area contributed by atoms with Crippen molar-refractivity contribution in [3.8, 4) is 5.75 Å². The van der Waals surface area contributed by atoms with Crippen molar-refractivity contribution >= 4 is 11.8 Å². The van der Waals surface area contributed by atoms with E-state index in [2.05, 4.69) is 45.6 Å². The minimum atomic E-state index is 0.608. The number of aliphatic imine (C=N–C) groups is 1. The highest BCUT2D eigenvalue weighted by atomic mass is 16.5. The smallest absolute Gasteiger partial charge is 0.191 e. The fourth-order valence-electron chi connectivity index (χ4n) is 3.38. The largest absolute Gasteiger partial charge is 0.496 e. The van der Waals surface area contributed by atoms with Crippen LogP contribution in [-0.2, 0) is 13.0 Å². The lowest BCUT2D eigenvalue weighted by Gasteiger charge is -2.16. The van der Waals surface area contributed by atoms with Crippen LogP contribution in [0.25, 0.3) is 0 Å². The normalized spacial score (nSPS) is 14.2. The zero-order chi connectivity index (χ0) is 19.6. The molecule has 1 saturated heterocycles. The van der Waals surface area contributed by atoms with Crippen molar-refractivity contribution in [2.75, 3.05) is 38.2 Å². The van der Waals surface area contributed by atoms with Gasteiger partial charge in [-0.05, 0) is 49.4 Å². The highest BCUT2D eigenvalue weighted by molar-refractivity contribution is 5.79. The lowest BCUT2D eigenvalue weighted by atomic mass is 10.1. The predicted molar refractivity (Wildman–Crippen MR) is 115 cm³/mol. The Labute approximate surface area is 168 Å². The molecule has 28 heavy (non-hydrogen) atoms. The molecule has 1 aliphatic heterocycles. The van der Waals surface area contributed by atoms with Crippen LogP contribution in [0.5, 0.6) is 5.75 Å². The Kier molecular flexibility index (Phi) is 7.53. The first-order valence-electron chi connectivity index (χ1n) is 10.1. The van der Waals surface area contributed by atoms with Crippen LogP contribution in [0.2, 0.25) is 0 Å². The Morgan fingerprint density at radius 1 is 1.14 bits per heavy atom. The van der Waals surface area contributed by atoms with Crippen molar-refractivity contribution in [3.05, 3.63) is 53.7 Å². The van der Waals surface area contributed by atoms with E-state index >= 15 is 0 Å². The molecule has 1 aromatic carbocycles. The first-order chi connectivity index (χ1) is 13.8. The van der Waals surface area contributed by atoms with Gasteiger partial charge in [-0.1, -0.05) is 24.3 Å². The number of nitrogens with one attached hydrogen (secondary N) is 2. The Bertz CT molecular complexity index is 754. The number of pyridine rings is 1. The second-order valence-corrected chi connectivity index (χ2v) is 6.90. The molecule has 0 atom stereocenters. The fraction of sp³-hybridized carbons (Fsp3) is 0.455. The number of guanidine groups is 1. The molecule has 150 valence electrons. The van der Waals surface area contributed by atoms with Gasteiger partial charge in [0.05, 0.1) is 13.7 Å². The van der Waals surface area contributed by atoms with Crippen molar-refractivity contribution < 1.29 is 4.74 Å². The van der Waals surface area contributed by atoms with Crippen LogP contribution in [-0.4, -0.2) is 44.2 Å². The van der Waals surface area contributed by atoms with E-state index in [-0.39, 0.29) is 0 Å². The standard InChI is InChI=1S/C22H31N5O/c1-3-23-22(24-13-12-19-8-4-5-9-20(19)28-2)26-17-18-10-11-21(25-16-18)27-14-6-7-15-27/h4-5,8-11,16H,3,6-7,12-15,17H2,1-2H3,(H2,23,24,26). The minimum Gasteiger partial charge on any atom is -0.496 e. The molecule has 0 radical (unpaired) electrons. The third-order valence-electron chi connectivity index (χ3n) is 4.88. The van der Waals surface area contributed by atoms with Gasteiger partial charge in [0.25, 0.3) is 0 Å². The summed E-state index contributed by atoms with van der Waals surface area (Å²) in [6, 6.07) is 12.4. The summed E-state index contributed by atoms with van der Waals surface area (Å²) >= 11 is 0. The molecule has 2 N–H and O–H groups in total. The molecule has 0 aliphatic carbocycles. The molecule has 6 nitrogen and oxygen atoms in total. The Balaban J connectivity index is 1.53. The number of hydrogen-bond acceptors (Lipinski definition) is 4. The zero-order valence-electron chi connectivity index (χ0n) is 16.9. The predicted octanol–water partition coefficient (Wildman–Crippen LogP) is 2.99. The topological polar surface area (TPSA) is 61.8 Å². The average Bonchev–Trinajstić information content (AvgIpc) is 3.27. The van der Waals surface area contributed by atoms with Crippen LogP contribution in [0.4, 0.5) is 5.82 Å². The summed E-state index contributed by atoms with van der Waals surface area (Å²) in [5, 5.41) is 6.70. The monoisotopic (exact) mass is 381 g/mol. The number of hydrogen-bond donors (Lipinski definition) is 2. The molecular weight excluding hydrogens is 350 g/mol. The van der Waals surface area contributed by atoms with E-state index in [0.717, 1.165) is 55.7 Å². The van der Waals surface area contributed by atoms with Gasteiger partial charge in [-0.3, -0.25) is 0 Å². The molecule has 0 saturated carbocycles. The first kappa shape index (κ1) is 20.0. The number of para-hydroxylation sites is 1. The van der Waals surface area contributed by atoms with Crippen LogP contribution in [0.15, 0.2) is 47.6 Å². The second-order valence-electron chi connectivity index (χ2n) is 6.90. The Morgan fingerprint density at radius 2 is 1.96 bits per heavy atom. The van der Waals surface area contributed by atoms with E-state index in [9.17, 15) is 0 Å². The molecule has 1 fully saturated rings. The summed E-state index contributed by atoms with van der Waals surface area (Å²) in [5.74, 6) is 2.82. The molecule has 1 aliphatic rings. The van der Waals surface area contributed by atoms with Gasteiger partial charge in [0.2, 0.25) is 0 Å². The number of anilines is 1. The summed E-state index contributed by atoms with van der Waals surface area (Å²) in [7, 11) is 1.71. The van der Waals surface area contributed by atoms with Gasteiger partial charge in [-0.15, -0.1) is 0 Å². The van der Waals surface area contributed by atoms with Gasteiger partial charge in [-0.2, -0.15) is 0 Å². The van der Waals surface area contributed by atoms with Crippen molar-refractivity contribution in [2.45, 2.75) is 32.7 Å². The fourth-order valence-corrected chi connectivity index (χ4v) is 3.38. The number of rotatable bonds is 8. The summed E-state index contributed by atoms with van der Waals surface area (Å²) < 4.78 is 5.42. The van der Waals surface area contributed by atoms with E-state index < -0.39 is 0 Å². The highest BCUT2D eigenvalue weighted by Gasteiger charge is 2.12. The summed E-state index contributed by atoms with van der Waals surface area (Å²) in [5.41, 5.74) is 2.31. The summed E-state index contributed by atoms with van der Waals surface area (Å²) in [4.78, 5) is 11.6. The average molecular weight is 382 g/mol. The molecule has 0 spiro atoms. The number of benzene rings is 1. The van der Waals surface area contributed by atoms with Crippen LogP contribution in [0, 0.1) is 0 Å². The number of aromatic nitrogens is 1. The van der Waals surface area contributed by atoms with Crippen LogP contribution < -0.4 is 20.3 Å². The molecule has 0 unspecified atom stereocenters. The number of nitrogens with zero attached hydrogens (tertiary/aromatic N) is 3. The third kappa shape index (κ3) is 5.62. The lowest BCUT2D eigenvalue weighted by Crippen LogP contribution is -2.38. The summed E-state index contributed by atoms with van der Waals surface area (Å²) in [6.45, 7) is 6.53. The van der Waals surface area contributed by atoms with E-state index in [1.54, 1.807) is 7.11 Å². The van der Waals surface area contributed by atoms with Gasteiger partial charge in [0.15, 0.2) is 5.96 Å². The van der Waals surface area contributed by atoms with Crippen LogP contribution >= 0.6 is 0 Å². The first-order valence-corrected chi connectivity index (χ1v) is 10.1. The van der Waals surface area contributed by atoms with Crippen molar-refractivity contribution in [2.24, 2.45) is 4.99 Å². The maximum Gasteiger partial charge on any atom is 0.191 e. The third-order valence-corrected chi connectivity index (χ3v) is 4.88. The molecule has 1 aromatic heterocycles. The van der Waals surface area contributed by atoms with E-state index in [1.807, 2.05) is 24.4 Å². The Morgan fingerprint density at radius 3 is 2.68 bits per heavy atom. The number of ether oxygens (including phenoxy) is 1. The van der Waals surface area contributed by atoms with E-state index in [4.69, 9.17) is 9.73 Å². The molecular formula is C22H31N5O. The van der Waals surface area contributed by atoms with E-state index in [1.165, 1.54) is 18.4 Å². The molecule has 0 amide bonds.